The number of benzene rings is 1. The third kappa shape index (κ3) is 3.48. The first kappa shape index (κ1) is 13.6. The van der Waals surface area contributed by atoms with Gasteiger partial charge in [-0.2, -0.15) is 0 Å². The Hall–Kier alpha value is -1.51. The number of ether oxygens (including phenoxy) is 1. The lowest BCUT2D eigenvalue weighted by Gasteiger charge is -2.10. The van der Waals surface area contributed by atoms with Gasteiger partial charge in [0.25, 0.3) is 0 Å². The molecule has 0 bridgehead atoms. The molecule has 4 nitrogen and oxygen atoms in total. The van der Waals surface area contributed by atoms with Crippen molar-refractivity contribution in [3.63, 3.8) is 0 Å². The molecule has 0 unspecified atom stereocenters. The van der Waals surface area contributed by atoms with E-state index in [4.69, 9.17) is 9.88 Å². The lowest BCUT2D eigenvalue weighted by atomic mass is 10.1. The van der Waals surface area contributed by atoms with Crippen LogP contribution in [0.15, 0.2) is 17.0 Å². The Kier molecular flexibility index (Phi) is 4.16. The molecular weight excluding hydrogens is 238 g/mol. The average molecular weight is 253 g/mol. The molecule has 1 aromatic rings. The normalized spacial score (nSPS) is 10.6. The van der Waals surface area contributed by atoms with E-state index < -0.39 is 10.0 Å². The van der Waals surface area contributed by atoms with Crippen LogP contribution < -0.4 is 9.88 Å². The van der Waals surface area contributed by atoms with Gasteiger partial charge in [0.15, 0.2) is 0 Å². The molecule has 17 heavy (non-hydrogen) atoms. The molecule has 0 saturated heterocycles. The van der Waals surface area contributed by atoms with Gasteiger partial charge in [-0.15, -0.1) is 5.92 Å². The van der Waals surface area contributed by atoms with Crippen molar-refractivity contribution in [1.29, 1.82) is 0 Å². The van der Waals surface area contributed by atoms with Gasteiger partial charge >= 0.3 is 0 Å². The molecule has 0 radical (unpaired) electrons. The van der Waals surface area contributed by atoms with Crippen molar-refractivity contribution in [2.45, 2.75) is 25.7 Å². The quantitative estimate of drug-likeness (QED) is 0.827. The minimum atomic E-state index is -3.69. The predicted octanol–water partition coefficient (Wildman–Crippen LogP) is 1.35. The highest BCUT2D eigenvalue weighted by Crippen LogP contribution is 2.24. The van der Waals surface area contributed by atoms with Crippen LogP contribution in [0.3, 0.4) is 0 Å². The van der Waals surface area contributed by atoms with Crippen LogP contribution in [-0.4, -0.2) is 15.0 Å². The third-order valence-electron chi connectivity index (χ3n) is 2.21. The topological polar surface area (TPSA) is 69.4 Å². The van der Waals surface area contributed by atoms with E-state index in [9.17, 15) is 8.42 Å². The summed E-state index contributed by atoms with van der Waals surface area (Å²) in [6.45, 7) is 5.38. The summed E-state index contributed by atoms with van der Waals surface area (Å²) < 4.78 is 28.1. The molecule has 0 spiro atoms. The molecule has 5 heteroatoms. The second-order valence-corrected chi connectivity index (χ2v) is 5.14. The largest absolute Gasteiger partial charge is 0.481 e. The Morgan fingerprint density at radius 1 is 1.29 bits per heavy atom. The zero-order valence-corrected chi connectivity index (χ0v) is 10.9. The van der Waals surface area contributed by atoms with Crippen LogP contribution >= 0.6 is 0 Å². The Bertz CT molecular complexity index is 556. The molecule has 0 aromatic heterocycles. The summed E-state index contributed by atoms with van der Waals surface area (Å²) in [7, 11) is -3.69. The van der Waals surface area contributed by atoms with E-state index >= 15 is 0 Å². The summed E-state index contributed by atoms with van der Waals surface area (Å²) in [4.78, 5) is 0.159. The van der Waals surface area contributed by atoms with E-state index in [0.29, 0.717) is 16.9 Å². The number of primary sulfonamides is 1. The third-order valence-corrected chi connectivity index (χ3v) is 3.42. The molecule has 2 N–H and O–H groups in total. The van der Waals surface area contributed by atoms with Crippen molar-refractivity contribution in [3.05, 3.63) is 23.3 Å². The number of rotatable bonds is 3. The van der Waals surface area contributed by atoms with Gasteiger partial charge < -0.3 is 4.74 Å². The fraction of sp³-hybridized carbons (Fsp3) is 0.333. The summed E-state index contributed by atoms with van der Waals surface area (Å²) in [5.74, 6) is 6.07. The molecule has 0 aliphatic heterocycles. The molecule has 0 amide bonds. The predicted molar refractivity (Wildman–Crippen MR) is 66.2 cm³/mol. The van der Waals surface area contributed by atoms with Crippen LogP contribution in [0.2, 0.25) is 0 Å². The Morgan fingerprint density at radius 2 is 1.82 bits per heavy atom. The van der Waals surface area contributed by atoms with Crippen LogP contribution in [0.1, 0.15) is 18.1 Å². The SMILES string of the molecule is CC#CCOc1cc(C)c(S(N)(=O)=O)c(C)c1. The Morgan fingerprint density at radius 3 is 2.24 bits per heavy atom. The molecule has 1 rings (SSSR count). The van der Waals surface area contributed by atoms with E-state index in [1.165, 1.54) is 0 Å². The van der Waals surface area contributed by atoms with E-state index in [2.05, 4.69) is 11.8 Å². The minimum absolute atomic E-state index is 0.159. The van der Waals surface area contributed by atoms with E-state index in [1.807, 2.05) is 0 Å². The first-order valence-corrected chi connectivity index (χ1v) is 6.57. The van der Waals surface area contributed by atoms with Crippen LogP contribution in [0.25, 0.3) is 0 Å². The van der Waals surface area contributed by atoms with Gasteiger partial charge in [0, 0.05) is 0 Å². The molecule has 92 valence electrons. The highest BCUT2D eigenvalue weighted by molar-refractivity contribution is 7.89. The van der Waals surface area contributed by atoms with Crippen molar-refractivity contribution >= 4 is 10.0 Å². The van der Waals surface area contributed by atoms with Gasteiger partial charge in [-0.05, 0) is 44.0 Å². The van der Waals surface area contributed by atoms with Crippen molar-refractivity contribution in [2.75, 3.05) is 6.61 Å². The van der Waals surface area contributed by atoms with Crippen LogP contribution in [-0.2, 0) is 10.0 Å². The zero-order chi connectivity index (χ0) is 13.1. The van der Waals surface area contributed by atoms with Gasteiger partial charge in [-0.1, -0.05) is 5.92 Å². The zero-order valence-electron chi connectivity index (χ0n) is 10.1. The standard InChI is InChI=1S/C12H15NO3S/c1-4-5-6-16-11-7-9(2)12(10(3)8-11)17(13,14)15/h7-8H,6H2,1-3H3,(H2,13,14,15). The first-order chi connectivity index (χ1) is 7.86. The van der Waals surface area contributed by atoms with E-state index in [-0.39, 0.29) is 11.5 Å². The van der Waals surface area contributed by atoms with Crippen molar-refractivity contribution < 1.29 is 13.2 Å². The van der Waals surface area contributed by atoms with Crippen molar-refractivity contribution in [1.82, 2.24) is 0 Å². The molecule has 0 heterocycles. The lowest BCUT2D eigenvalue weighted by Crippen LogP contribution is -2.15. The fourth-order valence-corrected chi connectivity index (χ4v) is 2.65. The van der Waals surface area contributed by atoms with Crippen molar-refractivity contribution in [2.24, 2.45) is 5.14 Å². The number of aryl methyl sites for hydroxylation is 2. The first-order valence-electron chi connectivity index (χ1n) is 5.02. The Balaban J connectivity index is 3.13. The monoisotopic (exact) mass is 253 g/mol. The lowest BCUT2D eigenvalue weighted by molar-refractivity contribution is 0.369. The van der Waals surface area contributed by atoms with E-state index in [1.54, 1.807) is 32.9 Å². The minimum Gasteiger partial charge on any atom is -0.481 e. The molecule has 0 saturated carbocycles. The average Bonchev–Trinajstić information content (AvgIpc) is 2.14. The van der Waals surface area contributed by atoms with Gasteiger partial charge in [0.1, 0.15) is 12.4 Å². The second kappa shape index (κ2) is 5.21. The summed E-state index contributed by atoms with van der Waals surface area (Å²) in [6.07, 6.45) is 0. The summed E-state index contributed by atoms with van der Waals surface area (Å²) in [6, 6.07) is 3.29. The van der Waals surface area contributed by atoms with Gasteiger partial charge in [0.2, 0.25) is 10.0 Å². The number of nitrogens with two attached hydrogens (primary N) is 1. The highest BCUT2D eigenvalue weighted by atomic mass is 32.2. The molecule has 1 aromatic carbocycles. The fourth-order valence-electron chi connectivity index (χ4n) is 1.63. The summed E-state index contributed by atoms with van der Waals surface area (Å²) in [5.41, 5.74) is 1.15. The number of hydrogen-bond acceptors (Lipinski definition) is 3. The van der Waals surface area contributed by atoms with Crippen molar-refractivity contribution in [3.8, 4) is 17.6 Å². The maximum Gasteiger partial charge on any atom is 0.238 e. The number of sulfonamides is 1. The van der Waals surface area contributed by atoms with Gasteiger partial charge in [-0.3, -0.25) is 0 Å². The number of hydrogen-bond donors (Lipinski definition) is 1. The smallest absolute Gasteiger partial charge is 0.238 e. The molecule has 0 aliphatic carbocycles. The van der Waals surface area contributed by atoms with Gasteiger partial charge in [0.05, 0.1) is 4.90 Å². The maximum absolute atomic E-state index is 11.4. The molecule has 0 atom stereocenters. The van der Waals surface area contributed by atoms with E-state index in [0.717, 1.165) is 0 Å². The second-order valence-electron chi connectivity index (χ2n) is 3.65. The summed E-state index contributed by atoms with van der Waals surface area (Å²) >= 11 is 0. The summed E-state index contributed by atoms with van der Waals surface area (Å²) in [5, 5.41) is 5.14. The Labute approximate surface area is 102 Å². The molecule has 0 fully saturated rings. The van der Waals surface area contributed by atoms with Crippen LogP contribution in [0.5, 0.6) is 5.75 Å². The van der Waals surface area contributed by atoms with Crippen LogP contribution in [0, 0.1) is 25.7 Å². The highest BCUT2D eigenvalue weighted by Gasteiger charge is 2.15. The molecule has 0 aliphatic rings. The maximum atomic E-state index is 11.4. The molecular formula is C12H15NO3S. The van der Waals surface area contributed by atoms with Gasteiger partial charge in [-0.25, -0.2) is 13.6 Å². The van der Waals surface area contributed by atoms with Crippen LogP contribution in [0.4, 0.5) is 0 Å².